The number of amides is 1. The Kier molecular flexibility index (Phi) is 4.45. The molecule has 0 saturated heterocycles. The third kappa shape index (κ3) is 3.42. The second-order valence-corrected chi connectivity index (χ2v) is 10.1. The van der Waals surface area contributed by atoms with E-state index in [1.165, 1.54) is 4.68 Å². The molecule has 4 aromatic heterocycles. The normalized spacial score (nSPS) is 15.7. The van der Waals surface area contributed by atoms with Crippen molar-refractivity contribution in [1.29, 1.82) is 0 Å². The molecule has 180 valence electrons. The molecule has 2 aliphatic carbocycles. The zero-order valence-corrected chi connectivity index (χ0v) is 19.9. The standard InChI is InChI=1S/C27H25N7O2/c1-32-13-18-10-19(7-9-22(18)30-32)34-27(36)23(17-6-8-21(29-11-17)16-4-5-16)25-24(31-34)20(26(28)35)14-33(25)12-15-2-3-15/h6-11,13-16H,2-5,12H2,1H3,(H2,28,35). The average Bonchev–Trinajstić information content (AvgIpc) is 3.79. The third-order valence-electron chi connectivity index (χ3n) is 7.23. The highest BCUT2D eigenvalue weighted by molar-refractivity contribution is 6.07. The maximum Gasteiger partial charge on any atom is 0.281 e. The molecule has 4 heterocycles. The van der Waals surface area contributed by atoms with Crippen LogP contribution in [0.4, 0.5) is 0 Å². The molecule has 9 nitrogen and oxygen atoms in total. The Labute approximate surface area is 206 Å². The van der Waals surface area contributed by atoms with Gasteiger partial charge in [-0.05, 0) is 55.9 Å². The number of aryl methyl sites for hydroxylation is 1. The summed E-state index contributed by atoms with van der Waals surface area (Å²) in [7, 11) is 1.86. The zero-order chi connectivity index (χ0) is 24.6. The number of nitrogens with zero attached hydrogens (tertiary/aromatic N) is 6. The van der Waals surface area contributed by atoms with Gasteiger partial charge in [-0.2, -0.15) is 14.9 Å². The summed E-state index contributed by atoms with van der Waals surface area (Å²) in [6.45, 7) is 0.719. The zero-order valence-electron chi connectivity index (χ0n) is 19.9. The van der Waals surface area contributed by atoms with Gasteiger partial charge < -0.3 is 10.3 Å². The van der Waals surface area contributed by atoms with Crippen LogP contribution in [-0.2, 0) is 13.6 Å². The van der Waals surface area contributed by atoms with Crippen molar-refractivity contribution in [1.82, 2.24) is 29.1 Å². The van der Waals surface area contributed by atoms with Crippen LogP contribution >= 0.6 is 0 Å². The van der Waals surface area contributed by atoms with E-state index in [9.17, 15) is 9.59 Å². The average molecular weight is 480 g/mol. The molecule has 0 spiro atoms. The Balaban J connectivity index is 1.52. The number of nitrogens with two attached hydrogens (primary N) is 1. The molecule has 2 N–H and O–H groups in total. The number of carbonyl (C=O) groups excluding carboxylic acids is 1. The molecule has 0 radical (unpaired) electrons. The number of pyridine rings is 1. The van der Waals surface area contributed by atoms with Crippen molar-refractivity contribution < 1.29 is 4.79 Å². The minimum atomic E-state index is -0.567. The van der Waals surface area contributed by atoms with Crippen molar-refractivity contribution in [3.63, 3.8) is 0 Å². The molecule has 0 atom stereocenters. The van der Waals surface area contributed by atoms with Gasteiger partial charge in [0.05, 0.1) is 27.8 Å². The van der Waals surface area contributed by atoms with Crippen LogP contribution < -0.4 is 11.3 Å². The molecule has 2 saturated carbocycles. The number of hydrogen-bond donors (Lipinski definition) is 1. The summed E-state index contributed by atoms with van der Waals surface area (Å²) in [6, 6.07) is 9.53. The van der Waals surface area contributed by atoms with E-state index < -0.39 is 5.91 Å². The summed E-state index contributed by atoms with van der Waals surface area (Å²) < 4.78 is 5.09. The maximum absolute atomic E-state index is 14.1. The minimum Gasteiger partial charge on any atom is -0.365 e. The van der Waals surface area contributed by atoms with E-state index >= 15 is 0 Å². The van der Waals surface area contributed by atoms with E-state index in [0.29, 0.717) is 45.2 Å². The highest BCUT2D eigenvalue weighted by Gasteiger charge is 2.29. The number of benzene rings is 1. The molecule has 0 aliphatic heterocycles. The lowest BCUT2D eigenvalue weighted by molar-refractivity contribution is 0.100. The highest BCUT2D eigenvalue weighted by Crippen LogP contribution is 2.40. The van der Waals surface area contributed by atoms with Crippen molar-refractivity contribution in [3.8, 4) is 16.8 Å². The molecule has 5 aromatic rings. The van der Waals surface area contributed by atoms with E-state index in [1.54, 1.807) is 17.1 Å². The summed E-state index contributed by atoms with van der Waals surface area (Å²) >= 11 is 0. The lowest BCUT2D eigenvalue weighted by atomic mass is 10.1. The topological polar surface area (TPSA) is 114 Å². The first-order chi connectivity index (χ1) is 17.5. The van der Waals surface area contributed by atoms with Gasteiger partial charge in [0.1, 0.15) is 5.52 Å². The van der Waals surface area contributed by atoms with Gasteiger partial charge in [0, 0.05) is 54.7 Å². The SMILES string of the molecule is Cn1cc2cc(-n3nc4c(C(N)=O)cn(CC5CC5)c4c(-c4ccc(C5CC5)nc4)c3=O)ccc2n1. The van der Waals surface area contributed by atoms with Gasteiger partial charge in [0.15, 0.2) is 0 Å². The predicted molar refractivity (Wildman–Crippen MR) is 136 cm³/mol. The molecule has 2 aliphatic rings. The van der Waals surface area contributed by atoms with Gasteiger partial charge >= 0.3 is 0 Å². The van der Waals surface area contributed by atoms with Crippen LogP contribution in [0.3, 0.4) is 0 Å². The lowest BCUT2D eigenvalue weighted by Crippen LogP contribution is -2.24. The number of primary amides is 1. The van der Waals surface area contributed by atoms with E-state index in [-0.39, 0.29) is 5.56 Å². The predicted octanol–water partition coefficient (Wildman–Crippen LogP) is 3.52. The smallest absolute Gasteiger partial charge is 0.281 e. The quantitative estimate of drug-likeness (QED) is 0.400. The summed E-state index contributed by atoms with van der Waals surface area (Å²) in [5.74, 6) is 0.475. The van der Waals surface area contributed by atoms with Gasteiger partial charge in [-0.15, -0.1) is 0 Å². The molecule has 9 heteroatoms. The van der Waals surface area contributed by atoms with E-state index in [4.69, 9.17) is 10.8 Å². The summed E-state index contributed by atoms with van der Waals surface area (Å²) in [6.07, 6.45) is 10.00. The molecule has 0 bridgehead atoms. The summed E-state index contributed by atoms with van der Waals surface area (Å²) in [4.78, 5) is 31.3. The van der Waals surface area contributed by atoms with Crippen LogP contribution in [0.5, 0.6) is 0 Å². The molecule has 2 fully saturated rings. The van der Waals surface area contributed by atoms with Crippen LogP contribution in [0.2, 0.25) is 0 Å². The van der Waals surface area contributed by atoms with Crippen LogP contribution in [-0.4, -0.2) is 35.0 Å². The Hall–Kier alpha value is -4.27. The van der Waals surface area contributed by atoms with Crippen molar-refractivity contribution in [2.75, 3.05) is 0 Å². The maximum atomic E-state index is 14.1. The van der Waals surface area contributed by atoms with Crippen molar-refractivity contribution in [2.24, 2.45) is 18.7 Å². The van der Waals surface area contributed by atoms with E-state index in [1.807, 2.05) is 48.1 Å². The van der Waals surface area contributed by atoms with E-state index in [0.717, 1.165) is 48.8 Å². The fourth-order valence-electron chi connectivity index (χ4n) is 5.04. The van der Waals surface area contributed by atoms with Crippen molar-refractivity contribution >= 4 is 27.8 Å². The number of fused-ring (bicyclic) bond motifs is 2. The summed E-state index contributed by atoms with van der Waals surface area (Å²) in [5, 5.41) is 10.0. The second-order valence-electron chi connectivity index (χ2n) is 10.1. The minimum absolute atomic E-state index is 0.266. The Bertz CT molecular complexity index is 1730. The van der Waals surface area contributed by atoms with Crippen molar-refractivity contribution in [2.45, 2.75) is 38.1 Å². The summed E-state index contributed by atoms with van der Waals surface area (Å²) in [5.41, 5.74) is 10.6. The molecule has 1 amide bonds. The van der Waals surface area contributed by atoms with Crippen LogP contribution in [0.25, 0.3) is 38.8 Å². The monoisotopic (exact) mass is 479 g/mol. The van der Waals surface area contributed by atoms with Crippen molar-refractivity contribution in [3.05, 3.63) is 70.5 Å². The Morgan fingerprint density at radius 2 is 1.92 bits per heavy atom. The Morgan fingerprint density at radius 1 is 1.08 bits per heavy atom. The van der Waals surface area contributed by atoms with Crippen LogP contribution in [0, 0.1) is 5.92 Å². The first kappa shape index (κ1) is 21.0. The first-order valence-electron chi connectivity index (χ1n) is 12.3. The molecular weight excluding hydrogens is 454 g/mol. The Morgan fingerprint density at radius 3 is 2.61 bits per heavy atom. The van der Waals surface area contributed by atoms with Gasteiger partial charge in [-0.1, -0.05) is 6.07 Å². The number of rotatable bonds is 6. The number of aromatic nitrogens is 6. The fraction of sp³-hybridized carbons (Fsp3) is 0.296. The molecule has 36 heavy (non-hydrogen) atoms. The van der Waals surface area contributed by atoms with E-state index in [2.05, 4.69) is 10.1 Å². The highest BCUT2D eigenvalue weighted by atomic mass is 16.1. The number of carbonyl (C=O) groups is 1. The third-order valence-corrected chi connectivity index (χ3v) is 7.23. The molecule has 1 aromatic carbocycles. The number of hydrogen-bond acceptors (Lipinski definition) is 5. The lowest BCUT2D eigenvalue weighted by Gasteiger charge is -2.13. The largest absolute Gasteiger partial charge is 0.365 e. The van der Waals surface area contributed by atoms with Gasteiger partial charge in [-0.3, -0.25) is 19.3 Å². The second kappa shape index (κ2) is 7.61. The van der Waals surface area contributed by atoms with Crippen LogP contribution in [0.15, 0.2) is 53.7 Å². The van der Waals surface area contributed by atoms with Gasteiger partial charge in [-0.25, -0.2) is 0 Å². The molecule has 0 unspecified atom stereocenters. The molecule has 7 rings (SSSR count). The first-order valence-corrected chi connectivity index (χ1v) is 12.3. The van der Waals surface area contributed by atoms with Gasteiger partial charge in [0.25, 0.3) is 11.5 Å². The molecular formula is C27H25N7O2. The van der Waals surface area contributed by atoms with Gasteiger partial charge in [0.2, 0.25) is 0 Å². The van der Waals surface area contributed by atoms with Crippen LogP contribution in [0.1, 0.15) is 47.7 Å². The fourth-order valence-corrected chi connectivity index (χ4v) is 5.04.